The van der Waals surface area contributed by atoms with E-state index in [2.05, 4.69) is 0 Å². The van der Waals surface area contributed by atoms with Gasteiger partial charge in [0.05, 0.1) is 4.90 Å². The Kier molecular flexibility index (Phi) is 5.68. The monoisotopic (exact) mass is 284 g/mol. The number of rotatable bonds is 7. The number of carboxylic acids is 1. The maximum absolute atomic E-state index is 11.7. The zero-order chi connectivity index (χ0) is 14.3. The van der Waals surface area contributed by atoms with Crippen LogP contribution in [0, 0.1) is 0 Å². The lowest BCUT2D eigenvalue weighted by Gasteiger charge is -2.04. The van der Waals surface area contributed by atoms with Crippen molar-refractivity contribution in [2.75, 3.05) is 13.1 Å². The molecule has 1 rings (SSSR count). The molecule has 0 saturated heterocycles. The van der Waals surface area contributed by atoms with E-state index in [-0.39, 0.29) is 4.90 Å². The van der Waals surface area contributed by atoms with E-state index in [9.17, 15) is 13.2 Å². The smallest absolute Gasteiger partial charge is 0.318 e. The second kappa shape index (κ2) is 7.03. The molecule has 0 unspecified atom stereocenters. The number of carbonyl (C=O) groups is 1. The topological polar surface area (TPSA) is 109 Å². The lowest BCUT2D eigenvalue weighted by molar-refractivity contribution is -0.135. The van der Waals surface area contributed by atoms with Crippen molar-refractivity contribution in [2.45, 2.75) is 11.3 Å². The van der Waals surface area contributed by atoms with Crippen LogP contribution in [-0.4, -0.2) is 32.6 Å². The van der Waals surface area contributed by atoms with Crippen LogP contribution >= 0.6 is 0 Å². The third-order valence-electron chi connectivity index (χ3n) is 2.25. The highest BCUT2D eigenvalue weighted by Crippen LogP contribution is 2.11. The molecule has 0 saturated carbocycles. The summed E-state index contributed by atoms with van der Waals surface area (Å²) in [6, 6.07) is 6.13. The standard InChI is InChI=1S/C12H16N2O4S/c13-8-2-1-3-10-4-6-11(7-5-10)19(17,18)14-9-12(15)16/h1,3-7,14H,2,8-9,13H2,(H,15,16). The highest BCUT2D eigenvalue weighted by molar-refractivity contribution is 7.89. The minimum Gasteiger partial charge on any atom is -0.480 e. The fourth-order valence-corrected chi connectivity index (χ4v) is 2.29. The van der Waals surface area contributed by atoms with Gasteiger partial charge in [0, 0.05) is 0 Å². The van der Waals surface area contributed by atoms with Crippen LogP contribution in [0.2, 0.25) is 0 Å². The van der Waals surface area contributed by atoms with Crippen LogP contribution in [0.1, 0.15) is 12.0 Å². The van der Waals surface area contributed by atoms with E-state index in [1.54, 1.807) is 12.1 Å². The molecule has 19 heavy (non-hydrogen) atoms. The first-order valence-corrected chi connectivity index (χ1v) is 7.12. The van der Waals surface area contributed by atoms with Gasteiger partial charge in [-0.3, -0.25) is 4.79 Å². The molecule has 1 aromatic rings. The van der Waals surface area contributed by atoms with Gasteiger partial charge in [0.2, 0.25) is 10.0 Å². The Labute approximate surface area is 112 Å². The van der Waals surface area contributed by atoms with Gasteiger partial charge in [-0.15, -0.1) is 0 Å². The van der Waals surface area contributed by atoms with E-state index in [1.165, 1.54) is 12.1 Å². The summed E-state index contributed by atoms with van der Waals surface area (Å²) in [7, 11) is -3.77. The molecule has 0 amide bonds. The van der Waals surface area contributed by atoms with Crippen LogP contribution in [0.5, 0.6) is 0 Å². The number of hydrogen-bond donors (Lipinski definition) is 3. The van der Waals surface area contributed by atoms with Gasteiger partial charge in [-0.1, -0.05) is 24.3 Å². The average molecular weight is 284 g/mol. The Morgan fingerprint density at radius 2 is 1.95 bits per heavy atom. The minimum absolute atomic E-state index is 0.0322. The van der Waals surface area contributed by atoms with Crippen molar-refractivity contribution < 1.29 is 18.3 Å². The van der Waals surface area contributed by atoms with Gasteiger partial charge < -0.3 is 10.8 Å². The molecule has 6 nitrogen and oxygen atoms in total. The van der Waals surface area contributed by atoms with Gasteiger partial charge in [-0.2, -0.15) is 4.72 Å². The highest BCUT2D eigenvalue weighted by Gasteiger charge is 2.14. The maximum Gasteiger partial charge on any atom is 0.318 e. The molecule has 0 aliphatic rings. The molecule has 0 atom stereocenters. The molecule has 104 valence electrons. The predicted molar refractivity (Wildman–Crippen MR) is 72.0 cm³/mol. The van der Waals surface area contributed by atoms with Crippen LogP contribution in [0.15, 0.2) is 35.2 Å². The first-order valence-electron chi connectivity index (χ1n) is 5.64. The summed E-state index contributed by atoms with van der Waals surface area (Å²) < 4.78 is 25.4. The second-order valence-corrected chi connectivity index (χ2v) is 5.53. The van der Waals surface area contributed by atoms with E-state index in [0.29, 0.717) is 6.54 Å². The molecule has 0 aromatic heterocycles. The van der Waals surface area contributed by atoms with Gasteiger partial charge in [-0.25, -0.2) is 8.42 Å². The SMILES string of the molecule is NCCC=Cc1ccc(S(=O)(=O)NCC(=O)O)cc1. The number of nitrogens with two attached hydrogens (primary N) is 1. The van der Waals surface area contributed by atoms with Crippen LogP contribution in [0.4, 0.5) is 0 Å². The first-order chi connectivity index (χ1) is 8.95. The van der Waals surface area contributed by atoms with E-state index in [4.69, 9.17) is 10.8 Å². The molecular weight excluding hydrogens is 268 g/mol. The number of benzene rings is 1. The molecule has 0 aliphatic heterocycles. The maximum atomic E-state index is 11.7. The van der Waals surface area contributed by atoms with Gasteiger partial charge in [0.1, 0.15) is 6.54 Å². The largest absolute Gasteiger partial charge is 0.480 e. The van der Waals surface area contributed by atoms with Crippen molar-refractivity contribution in [2.24, 2.45) is 5.73 Å². The Balaban J connectivity index is 2.77. The van der Waals surface area contributed by atoms with Crippen molar-refractivity contribution in [1.29, 1.82) is 0 Å². The summed E-state index contributed by atoms with van der Waals surface area (Å²) in [5, 5.41) is 8.44. The third kappa shape index (κ3) is 5.21. The summed E-state index contributed by atoms with van der Waals surface area (Å²) in [5.74, 6) is -1.23. The fraction of sp³-hybridized carbons (Fsp3) is 0.250. The van der Waals surface area contributed by atoms with E-state index in [0.717, 1.165) is 12.0 Å². The fourth-order valence-electron chi connectivity index (χ4n) is 1.31. The molecule has 0 aliphatic carbocycles. The normalized spacial score (nSPS) is 11.8. The Hall–Kier alpha value is -1.70. The summed E-state index contributed by atoms with van der Waals surface area (Å²) in [5.41, 5.74) is 6.20. The number of sulfonamides is 1. The number of carboxylic acid groups (broad SMARTS) is 1. The molecular formula is C12H16N2O4S. The predicted octanol–water partition coefficient (Wildman–Crippen LogP) is 0.412. The van der Waals surface area contributed by atoms with E-state index < -0.39 is 22.5 Å². The van der Waals surface area contributed by atoms with Crippen molar-refractivity contribution in [3.05, 3.63) is 35.9 Å². The minimum atomic E-state index is -3.77. The Morgan fingerprint density at radius 1 is 1.32 bits per heavy atom. The lowest BCUT2D eigenvalue weighted by Crippen LogP contribution is -2.29. The molecule has 0 fully saturated rings. The molecule has 0 spiro atoms. The number of hydrogen-bond acceptors (Lipinski definition) is 4. The summed E-state index contributed by atoms with van der Waals surface area (Å²) in [6.07, 6.45) is 4.49. The second-order valence-electron chi connectivity index (χ2n) is 3.77. The number of nitrogens with one attached hydrogen (secondary N) is 1. The molecule has 0 heterocycles. The quantitative estimate of drug-likeness (QED) is 0.672. The molecule has 0 radical (unpaired) electrons. The molecule has 0 bridgehead atoms. The summed E-state index contributed by atoms with van der Waals surface area (Å²) in [6.45, 7) is -0.0808. The lowest BCUT2D eigenvalue weighted by atomic mass is 10.2. The van der Waals surface area contributed by atoms with Gasteiger partial charge in [0.25, 0.3) is 0 Å². The van der Waals surface area contributed by atoms with Gasteiger partial charge >= 0.3 is 5.97 Å². The van der Waals surface area contributed by atoms with Crippen LogP contribution < -0.4 is 10.5 Å². The Bertz CT molecular complexity index is 550. The van der Waals surface area contributed by atoms with Gasteiger partial charge in [-0.05, 0) is 30.7 Å². The van der Waals surface area contributed by atoms with Crippen molar-refractivity contribution in [1.82, 2.24) is 4.72 Å². The summed E-state index contributed by atoms with van der Waals surface area (Å²) >= 11 is 0. The zero-order valence-electron chi connectivity index (χ0n) is 10.2. The van der Waals surface area contributed by atoms with Crippen molar-refractivity contribution >= 4 is 22.1 Å². The summed E-state index contributed by atoms with van der Waals surface area (Å²) in [4.78, 5) is 10.4. The van der Waals surface area contributed by atoms with E-state index in [1.807, 2.05) is 16.9 Å². The number of aliphatic carboxylic acids is 1. The molecule has 1 aromatic carbocycles. The average Bonchev–Trinajstić information content (AvgIpc) is 2.37. The molecule has 7 heteroatoms. The zero-order valence-corrected chi connectivity index (χ0v) is 11.1. The first kappa shape index (κ1) is 15.4. The van der Waals surface area contributed by atoms with Crippen molar-refractivity contribution in [3.8, 4) is 0 Å². The Morgan fingerprint density at radius 3 is 2.47 bits per heavy atom. The highest BCUT2D eigenvalue weighted by atomic mass is 32.2. The van der Waals surface area contributed by atoms with Crippen LogP contribution in [-0.2, 0) is 14.8 Å². The van der Waals surface area contributed by atoms with Gasteiger partial charge in [0.15, 0.2) is 0 Å². The van der Waals surface area contributed by atoms with Crippen molar-refractivity contribution in [3.63, 3.8) is 0 Å². The van der Waals surface area contributed by atoms with Crippen LogP contribution in [0.25, 0.3) is 6.08 Å². The molecule has 4 N–H and O–H groups in total. The third-order valence-corrected chi connectivity index (χ3v) is 3.66. The van der Waals surface area contributed by atoms with E-state index >= 15 is 0 Å². The van der Waals surface area contributed by atoms with Crippen LogP contribution in [0.3, 0.4) is 0 Å².